The fourth-order valence-electron chi connectivity index (χ4n) is 1.27. The molecule has 1 heterocycles. The van der Waals surface area contributed by atoms with Crippen LogP contribution in [-0.2, 0) is 0 Å². The second-order valence-electron chi connectivity index (χ2n) is 3.90. The number of hydrogen-bond donors (Lipinski definition) is 0. The molecule has 0 amide bonds. The maximum absolute atomic E-state index is 11.6. The standard InChI is InChI=1S/C10H16N2OS/c1-7(2)5-4-6-9(13)10-8(3)11-12-14-10/h7H,4-6H2,1-3H3. The van der Waals surface area contributed by atoms with E-state index in [2.05, 4.69) is 23.4 Å². The van der Waals surface area contributed by atoms with Crippen LogP contribution in [0.5, 0.6) is 0 Å². The molecule has 0 spiro atoms. The molecule has 1 rings (SSSR count). The van der Waals surface area contributed by atoms with Crippen LogP contribution >= 0.6 is 11.5 Å². The number of aromatic nitrogens is 2. The van der Waals surface area contributed by atoms with Gasteiger partial charge in [-0.25, -0.2) is 0 Å². The third-order valence-electron chi connectivity index (χ3n) is 2.09. The Balaban J connectivity index is 2.40. The number of carbonyl (C=O) groups excluding carboxylic acids is 1. The SMILES string of the molecule is Cc1nnsc1C(=O)CCCC(C)C. The van der Waals surface area contributed by atoms with E-state index in [0.717, 1.165) is 23.4 Å². The minimum Gasteiger partial charge on any atom is -0.293 e. The molecule has 0 aliphatic heterocycles. The molecule has 0 aliphatic carbocycles. The Bertz CT molecular complexity index is 307. The van der Waals surface area contributed by atoms with Gasteiger partial charge in [-0.2, -0.15) is 0 Å². The zero-order valence-corrected chi connectivity index (χ0v) is 9.73. The number of Topliss-reactive ketones (excluding diaryl/α,β-unsaturated/α-hetero) is 1. The highest BCUT2D eigenvalue weighted by molar-refractivity contribution is 7.08. The van der Waals surface area contributed by atoms with Crippen LogP contribution in [0.25, 0.3) is 0 Å². The number of rotatable bonds is 5. The summed E-state index contributed by atoms with van der Waals surface area (Å²) in [5.41, 5.74) is 0.768. The lowest BCUT2D eigenvalue weighted by Gasteiger charge is -2.02. The molecule has 0 saturated carbocycles. The first-order valence-electron chi connectivity index (χ1n) is 4.93. The highest BCUT2D eigenvalue weighted by Crippen LogP contribution is 2.15. The predicted molar refractivity (Wildman–Crippen MR) is 57.7 cm³/mol. The molecule has 4 heteroatoms. The summed E-state index contributed by atoms with van der Waals surface area (Å²) < 4.78 is 3.76. The van der Waals surface area contributed by atoms with Gasteiger partial charge in [-0.15, -0.1) is 5.10 Å². The van der Waals surface area contributed by atoms with E-state index in [1.807, 2.05) is 6.92 Å². The Morgan fingerprint density at radius 3 is 2.71 bits per heavy atom. The predicted octanol–water partition coefficient (Wildman–Crippen LogP) is 2.86. The lowest BCUT2D eigenvalue weighted by molar-refractivity contribution is 0.0981. The average molecular weight is 212 g/mol. The van der Waals surface area contributed by atoms with Gasteiger partial charge in [0.25, 0.3) is 0 Å². The van der Waals surface area contributed by atoms with Crippen LogP contribution in [0.3, 0.4) is 0 Å². The van der Waals surface area contributed by atoms with E-state index >= 15 is 0 Å². The van der Waals surface area contributed by atoms with E-state index in [0.29, 0.717) is 12.3 Å². The Morgan fingerprint density at radius 1 is 1.50 bits per heavy atom. The first-order valence-corrected chi connectivity index (χ1v) is 5.70. The molecule has 0 aliphatic rings. The van der Waals surface area contributed by atoms with E-state index in [9.17, 15) is 4.79 Å². The second kappa shape index (κ2) is 5.20. The normalized spacial score (nSPS) is 10.9. The highest BCUT2D eigenvalue weighted by Gasteiger charge is 2.12. The molecule has 0 aromatic carbocycles. The summed E-state index contributed by atoms with van der Waals surface area (Å²) in [5, 5.41) is 3.83. The number of carbonyl (C=O) groups is 1. The van der Waals surface area contributed by atoms with Gasteiger partial charge in [-0.1, -0.05) is 24.8 Å². The summed E-state index contributed by atoms with van der Waals surface area (Å²) in [6.07, 6.45) is 2.70. The summed E-state index contributed by atoms with van der Waals surface area (Å²) in [6, 6.07) is 0. The van der Waals surface area contributed by atoms with Crippen molar-refractivity contribution in [2.75, 3.05) is 0 Å². The van der Waals surface area contributed by atoms with Crippen LogP contribution in [0.1, 0.15) is 48.5 Å². The smallest absolute Gasteiger partial charge is 0.176 e. The lowest BCUT2D eigenvalue weighted by Crippen LogP contribution is -1.99. The van der Waals surface area contributed by atoms with Gasteiger partial charge < -0.3 is 0 Å². The van der Waals surface area contributed by atoms with Gasteiger partial charge in [0, 0.05) is 6.42 Å². The maximum Gasteiger partial charge on any atom is 0.176 e. The molecule has 0 N–H and O–H groups in total. The van der Waals surface area contributed by atoms with E-state index in [1.165, 1.54) is 11.5 Å². The average Bonchev–Trinajstić information content (AvgIpc) is 2.50. The molecule has 0 atom stereocenters. The molecule has 14 heavy (non-hydrogen) atoms. The van der Waals surface area contributed by atoms with Crippen LogP contribution in [-0.4, -0.2) is 15.4 Å². The van der Waals surface area contributed by atoms with Crippen molar-refractivity contribution in [2.24, 2.45) is 5.92 Å². The molecule has 0 fully saturated rings. The lowest BCUT2D eigenvalue weighted by atomic mass is 10.0. The zero-order valence-electron chi connectivity index (χ0n) is 8.91. The molecule has 0 radical (unpaired) electrons. The van der Waals surface area contributed by atoms with Crippen molar-refractivity contribution in [3.63, 3.8) is 0 Å². The zero-order chi connectivity index (χ0) is 10.6. The summed E-state index contributed by atoms with van der Waals surface area (Å²) >= 11 is 1.21. The van der Waals surface area contributed by atoms with Crippen LogP contribution in [0.2, 0.25) is 0 Å². The first kappa shape index (κ1) is 11.3. The number of aryl methyl sites for hydroxylation is 1. The van der Waals surface area contributed by atoms with Crippen LogP contribution < -0.4 is 0 Å². The molecular formula is C10H16N2OS. The molecule has 1 aromatic heterocycles. The molecule has 0 saturated heterocycles. The summed E-state index contributed by atoms with van der Waals surface area (Å²) in [7, 11) is 0. The topological polar surface area (TPSA) is 42.9 Å². The van der Waals surface area contributed by atoms with E-state index < -0.39 is 0 Å². The third-order valence-corrected chi connectivity index (χ3v) is 2.96. The first-order chi connectivity index (χ1) is 6.61. The van der Waals surface area contributed by atoms with Crippen molar-refractivity contribution in [3.8, 4) is 0 Å². The van der Waals surface area contributed by atoms with Crippen molar-refractivity contribution < 1.29 is 4.79 Å². The Labute approximate surface area is 88.7 Å². The van der Waals surface area contributed by atoms with Crippen molar-refractivity contribution in [1.82, 2.24) is 9.59 Å². The largest absolute Gasteiger partial charge is 0.293 e. The second-order valence-corrected chi connectivity index (χ2v) is 4.65. The van der Waals surface area contributed by atoms with Gasteiger partial charge in [0.1, 0.15) is 4.88 Å². The monoisotopic (exact) mass is 212 g/mol. The summed E-state index contributed by atoms with van der Waals surface area (Å²) in [5.74, 6) is 0.863. The van der Waals surface area contributed by atoms with Gasteiger partial charge in [-0.3, -0.25) is 4.79 Å². The van der Waals surface area contributed by atoms with Crippen LogP contribution in [0, 0.1) is 12.8 Å². The van der Waals surface area contributed by atoms with Crippen molar-refractivity contribution in [1.29, 1.82) is 0 Å². The van der Waals surface area contributed by atoms with Crippen molar-refractivity contribution in [2.45, 2.75) is 40.0 Å². The third kappa shape index (κ3) is 3.18. The van der Waals surface area contributed by atoms with E-state index in [1.54, 1.807) is 0 Å². The Hall–Kier alpha value is -0.770. The van der Waals surface area contributed by atoms with E-state index in [-0.39, 0.29) is 5.78 Å². The minimum atomic E-state index is 0.193. The van der Waals surface area contributed by atoms with Gasteiger partial charge in [0.05, 0.1) is 5.69 Å². The quantitative estimate of drug-likeness (QED) is 0.705. The molecule has 1 aromatic rings. The van der Waals surface area contributed by atoms with Crippen LogP contribution in [0.4, 0.5) is 0 Å². The van der Waals surface area contributed by atoms with Gasteiger partial charge in [0.15, 0.2) is 5.78 Å². The molecule has 78 valence electrons. The fraction of sp³-hybridized carbons (Fsp3) is 0.700. The fourth-order valence-corrected chi connectivity index (χ4v) is 1.89. The Morgan fingerprint density at radius 2 is 2.21 bits per heavy atom. The molecule has 0 bridgehead atoms. The summed E-state index contributed by atoms with van der Waals surface area (Å²) in [4.78, 5) is 12.4. The van der Waals surface area contributed by atoms with E-state index in [4.69, 9.17) is 0 Å². The molecular weight excluding hydrogens is 196 g/mol. The van der Waals surface area contributed by atoms with Gasteiger partial charge in [0.2, 0.25) is 0 Å². The molecule has 0 unspecified atom stereocenters. The maximum atomic E-state index is 11.6. The van der Waals surface area contributed by atoms with Gasteiger partial charge >= 0.3 is 0 Å². The van der Waals surface area contributed by atoms with Crippen molar-refractivity contribution in [3.05, 3.63) is 10.6 Å². The Kier molecular flexibility index (Phi) is 4.20. The molecule has 3 nitrogen and oxygen atoms in total. The summed E-state index contributed by atoms with van der Waals surface area (Å²) in [6.45, 7) is 6.17. The van der Waals surface area contributed by atoms with Crippen molar-refractivity contribution >= 4 is 17.3 Å². The van der Waals surface area contributed by atoms with Gasteiger partial charge in [-0.05, 0) is 30.8 Å². The minimum absolute atomic E-state index is 0.193. The number of nitrogens with zero attached hydrogens (tertiary/aromatic N) is 2. The van der Waals surface area contributed by atoms with Crippen LogP contribution in [0.15, 0.2) is 0 Å². The highest BCUT2D eigenvalue weighted by atomic mass is 32.1. The number of ketones is 1. The number of hydrogen-bond acceptors (Lipinski definition) is 4.